The van der Waals surface area contributed by atoms with Gasteiger partial charge in [0.15, 0.2) is 0 Å². The fraction of sp³-hybridized carbons (Fsp3) is 0.0500. The van der Waals surface area contributed by atoms with Crippen LogP contribution in [0.3, 0.4) is 0 Å². The summed E-state index contributed by atoms with van der Waals surface area (Å²) in [5, 5.41) is 4.42. The number of rotatable bonds is 2. The number of hydrogen-bond donors (Lipinski definition) is 2. The van der Waals surface area contributed by atoms with Gasteiger partial charge < -0.3 is 10.3 Å². The molecular weight excluding hydrogens is 430 g/mol. The molecule has 0 aliphatic heterocycles. The van der Waals surface area contributed by atoms with Gasteiger partial charge in [0, 0.05) is 37.7 Å². The van der Waals surface area contributed by atoms with Crippen molar-refractivity contribution >= 4 is 60.9 Å². The van der Waals surface area contributed by atoms with Gasteiger partial charge >= 0.3 is 0 Å². The summed E-state index contributed by atoms with van der Waals surface area (Å²) < 4.78 is 0.870. The average Bonchev–Trinajstić information content (AvgIpc) is 2.63. The third-order valence-electron chi connectivity index (χ3n) is 4.23. The van der Waals surface area contributed by atoms with Gasteiger partial charge in [0.05, 0.1) is 11.2 Å². The molecule has 0 saturated carbocycles. The highest BCUT2D eigenvalue weighted by Gasteiger charge is 2.15. The predicted octanol–water partition coefficient (Wildman–Crippen LogP) is 5.05. The molecule has 0 spiro atoms. The lowest BCUT2D eigenvalue weighted by molar-refractivity contribution is 0.102. The molecule has 2 heterocycles. The van der Waals surface area contributed by atoms with Gasteiger partial charge in [-0.15, -0.1) is 0 Å². The third-order valence-corrected chi connectivity index (χ3v) is 4.96. The van der Waals surface area contributed by atoms with Crippen molar-refractivity contribution in [3.8, 4) is 0 Å². The summed E-state index contributed by atoms with van der Waals surface area (Å²) >= 11 is 9.42. The first-order valence-corrected chi connectivity index (χ1v) is 9.29. The van der Waals surface area contributed by atoms with E-state index >= 15 is 0 Å². The number of anilines is 1. The van der Waals surface area contributed by atoms with Crippen LogP contribution in [0.4, 0.5) is 5.69 Å². The minimum Gasteiger partial charge on any atom is -0.360 e. The van der Waals surface area contributed by atoms with Crippen molar-refractivity contribution in [2.24, 2.45) is 0 Å². The van der Waals surface area contributed by atoms with Crippen molar-refractivity contribution < 1.29 is 4.79 Å². The standard InChI is InChI=1S/C20H13BrClN3O2/c1-10-6-18(13-7-11(21)2-4-17(13)24-10)25-20(27)15-9-23-16-5-3-12(22)8-14(16)19(15)26/h2-9H,1H3,(H,23,26)(H,24,25,27). The Hall–Kier alpha value is -2.70. The van der Waals surface area contributed by atoms with Crippen LogP contribution in [0.5, 0.6) is 0 Å². The van der Waals surface area contributed by atoms with E-state index in [2.05, 4.69) is 31.2 Å². The van der Waals surface area contributed by atoms with Crippen molar-refractivity contribution in [1.82, 2.24) is 9.97 Å². The van der Waals surface area contributed by atoms with Gasteiger partial charge in [0.1, 0.15) is 5.56 Å². The smallest absolute Gasteiger partial charge is 0.261 e. The number of nitrogens with zero attached hydrogens (tertiary/aromatic N) is 1. The number of aryl methyl sites for hydroxylation is 1. The molecule has 0 aliphatic rings. The van der Waals surface area contributed by atoms with E-state index in [0.29, 0.717) is 21.6 Å². The van der Waals surface area contributed by atoms with Gasteiger partial charge in [-0.3, -0.25) is 14.6 Å². The van der Waals surface area contributed by atoms with Gasteiger partial charge in [-0.2, -0.15) is 0 Å². The summed E-state index contributed by atoms with van der Waals surface area (Å²) in [5.74, 6) is -0.495. The lowest BCUT2D eigenvalue weighted by Gasteiger charge is -2.10. The van der Waals surface area contributed by atoms with Crippen LogP contribution < -0.4 is 10.7 Å². The van der Waals surface area contributed by atoms with Gasteiger partial charge in [0.2, 0.25) is 5.43 Å². The van der Waals surface area contributed by atoms with E-state index in [1.807, 2.05) is 25.1 Å². The van der Waals surface area contributed by atoms with Gasteiger partial charge in [-0.25, -0.2) is 0 Å². The first-order valence-electron chi connectivity index (χ1n) is 8.11. The second-order valence-corrected chi connectivity index (χ2v) is 7.50. The Morgan fingerprint density at radius 3 is 2.78 bits per heavy atom. The summed E-state index contributed by atoms with van der Waals surface area (Å²) in [7, 11) is 0. The molecule has 2 aromatic heterocycles. The molecule has 0 fully saturated rings. The van der Waals surface area contributed by atoms with Gasteiger partial charge in [-0.05, 0) is 49.4 Å². The molecule has 7 heteroatoms. The number of fused-ring (bicyclic) bond motifs is 2. The van der Waals surface area contributed by atoms with Crippen LogP contribution >= 0.6 is 27.5 Å². The molecule has 0 unspecified atom stereocenters. The van der Waals surface area contributed by atoms with Gasteiger partial charge in [-0.1, -0.05) is 27.5 Å². The lowest BCUT2D eigenvalue weighted by atomic mass is 10.1. The zero-order chi connectivity index (χ0) is 19.1. The Kier molecular flexibility index (Phi) is 4.45. The SMILES string of the molecule is Cc1cc(NC(=O)c2c[nH]c3ccc(Cl)cc3c2=O)c2cc(Br)ccc2n1. The maximum Gasteiger partial charge on any atom is 0.261 e. The van der Waals surface area contributed by atoms with Crippen LogP contribution in [0.15, 0.2) is 57.9 Å². The number of hydrogen-bond acceptors (Lipinski definition) is 3. The van der Waals surface area contributed by atoms with Crippen LogP contribution in [-0.4, -0.2) is 15.9 Å². The van der Waals surface area contributed by atoms with E-state index in [4.69, 9.17) is 11.6 Å². The number of H-pyrrole nitrogens is 1. The Labute approximate surface area is 167 Å². The predicted molar refractivity (Wildman–Crippen MR) is 112 cm³/mol. The molecule has 27 heavy (non-hydrogen) atoms. The van der Waals surface area contributed by atoms with Crippen LogP contribution in [-0.2, 0) is 0 Å². The van der Waals surface area contributed by atoms with Crippen molar-refractivity contribution in [2.75, 3.05) is 5.32 Å². The molecule has 4 rings (SSSR count). The molecule has 0 atom stereocenters. The molecule has 1 amide bonds. The Morgan fingerprint density at radius 2 is 1.96 bits per heavy atom. The van der Waals surface area contributed by atoms with Crippen LogP contribution in [0.25, 0.3) is 21.8 Å². The number of pyridine rings is 2. The molecule has 2 N–H and O–H groups in total. The van der Waals surface area contributed by atoms with Crippen molar-refractivity contribution in [2.45, 2.75) is 6.92 Å². The number of halogens is 2. The van der Waals surface area contributed by atoms with Crippen LogP contribution in [0.2, 0.25) is 5.02 Å². The third kappa shape index (κ3) is 3.34. The van der Waals surface area contributed by atoms with E-state index in [9.17, 15) is 9.59 Å². The quantitative estimate of drug-likeness (QED) is 0.456. The topological polar surface area (TPSA) is 74.8 Å². The second kappa shape index (κ2) is 6.79. The summed E-state index contributed by atoms with van der Waals surface area (Å²) in [6, 6.07) is 12.3. The van der Waals surface area contributed by atoms with Gasteiger partial charge in [0.25, 0.3) is 5.91 Å². The maximum absolute atomic E-state index is 12.8. The number of aromatic nitrogens is 2. The largest absolute Gasteiger partial charge is 0.360 e. The summed E-state index contributed by atoms with van der Waals surface area (Å²) in [4.78, 5) is 33.0. The van der Waals surface area contributed by atoms with Crippen molar-refractivity contribution in [3.05, 3.63) is 79.6 Å². The number of aromatic amines is 1. The molecule has 5 nitrogen and oxygen atoms in total. The second-order valence-electron chi connectivity index (χ2n) is 6.15. The zero-order valence-electron chi connectivity index (χ0n) is 14.1. The molecule has 0 aliphatic carbocycles. The number of carbonyl (C=O) groups excluding carboxylic acids is 1. The first-order chi connectivity index (χ1) is 12.9. The zero-order valence-corrected chi connectivity index (χ0v) is 16.5. The summed E-state index contributed by atoms with van der Waals surface area (Å²) in [6.07, 6.45) is 1.42. The molecule has 0 bridgehead atoms. The van der Waals surface area contributed by atoms with E-state index in [1.54, 1.807) is 24.3 Å². The number of benzene rings is 2. The Balaban J connectivity index is 1.80. The number of carbonyl (C=O) groups is 1. The first kappa shape index (κ1) is 17.7. The number of amides is 1. The summed E-state index contributed by atoms with van der Waals surface area (Å²) in [5.41, 5.74) is 2.37. The highest BCUT2D eigenvalue weighted by molar-refractivity contribution is 9.10. The Morgan fingerprint density at radius 1 is 1.15 bits per heavy atom. The number of nitrogens with one attached hydrogen (secondary N) is 2. The Bertz CT molecular complexity index is 1280. The summed E-state index contributed by atoms with van der Waals surface area (Å²) in [6.45, 7) is 1.85. The van der Waals surface area contributed by atoms with Crippen LogP contribution in [0.1, 0.15) is 16.1 Å². The minimum atomic E-state index is -0.495. The van der Waals surface area contributed by atoms with E-state index in [1.165, 1.54) is 6.20 Å². The molecule has 4 aromatic rings. The van der Waals surface area contributed by atoms with Crippen molar-refractivity contribution in [3.63, 3.8) is 0 Å². The molecule has 2 aromatic carbocycles. The monoisotopic (exact) mass is 441 g/mol. The molecule has 0 saturated heterocycles. The fourth-order valence-electron chi connectivity index (χ4n) is 2.98. The molecule has 0 radical (unpaired) electrons. The molecular formula is C20H13BrClN3O2. The van der Waals surface area contributed by atoms with Crippen LogP contribution in [0, 0.1) is 6.92 Å². The highest BCUT2D eigenvalue weighted by Crippen LogP contribution is 2.27. The van der Waals surface area contributed by atoms with Crippen molar-refractivity contribution in [1.29, 1.82) is 0 Å². The van der Waals surface area contributed by atoms with E-state index < -0.39 is 5.91 Å². The normalized spacial score (nSPS) is 11.1. The van der Waals surface area contributed by atoms with E-state index in [0.717, 1.165) is 21.1 Å². The van der Waals surface area contributed by atoms with E-state index in [-0.39, 0.29) is 11.0 Å². The molecule has 134 valence electrons. The fourth-order valence-corrected chi connectivity index (χ4v) is 3.52. The average molecular weight is 443 g/mol. The lowest BCUT2D eigenvalue weighted by Crippen LogP contribution is -2.22. The maximum atomic E-state index is 12.8. The minimum absolute atomic E-state index is 0.0161. The highest BCUT2D eigenvalue weighted by atomic mass is 79.9.